The van der Waals surface area contributed by atoms with Crippen LogP contribution in [-0.2, 0) is 14.3 Å². The first kappa shape index (κ1) is 26.9. The summed E-state index contributed by atoms with van der Waals surface area (Å²) in [5, 5.41) is 23.3. The van der Waals surface area contributed by atoms with Gasteiger partial charge in [0.05, 0.1) is 11.7 Å². The number of carbonyl (C=O) groups excluding carboxylic acids is 2. The number of ether oxygens (including phenoxy) is 1. The van der Waals surface area contributed by atoms with Crippen LogP contribution in [0.4, 0.5) is 4.39 Å². The van der Waals surface area contributed by atoms with Crippen LogP contribution in [0.3, 0.4) is 0 Å². The second-order valence-corrected chi connectivity index (χ2v) is 12.6. The summed E-state index contributed by atoms with van der Waals surface area (Å²) in [5.41, 5.74) is -4.91. The molecule has 4 rings (SSSR count). The molecular formula is C29H45FO5. The largest absolute Gasteiger partial charge is 0.390 e. The van der Waals surface area contributed by atoms with E-state index < -0.39 is 39.7 Å². The van der Waals surface area contributed by atoms with Crippen molar-refractivity contribution in [2.45, 2.75) is 128 Å². The molecule has 0 aromatic heterocycles. The van der Waals surface area contributed by atoms with Crippen LogP contribution in [0.25, 0.3) is 0 Å². The molecule has 0 spiro atoms. The van der Waals surface area contributed by atoms with Crippen molar-refractivity contribution in [3.63, 3.8) is 0 Å². The molecule has 0 aromatic carbocycles. The summed E-state index contributed by atoms with van der Waals surface area (Å²) >= 11 is 0. The topological polar surface area (TPSA) is 83.8 Å². The Morgan fingerprint density at radius 2 is 1.91 bits per heavy atom. The van der Waals surface area contributed by atoms with E-state index in [2.05, 4.69) is 6.92 Å². The Labute approximate surface area is 209 Å². The summed E-state index contributed by atoms with van der Waals surface area (Å²) in [6.45, 7) is 9.76. The zero-order chi connectivity index (χ0) is 25.9. The van der Waals surface area contributed by atoms with Crippen LogP contribution < -0.4 is 0 Å². The fourth-order valence-electron chi connectivity index (χ4n) is 8.29. The second kappa shape index (κ2) is 9.02. The number of unbranched alkanes of at least 4 members (excludes halogenated alkanes) is 1. The minimum Gasteiger partial charge on any atom is -0.390 e. The molecular weight excluding hydrogens is 447 g/mol. The van der Waals surface area contributed by atoms with Crippen molar-refractivity contribution >= 4 is 11.6 Å². The molecule has 0 aromatic rings. The number of aliphatic hydroxyl groups is 2. The maximum atomic E-state index is 17.2. The standard InChI is InChI=1S/C29H45FO5/c1-6-8-13-25(3,7-2)35-18-24(33)28(34)15-12-21-22-10-9-19-16-20(31)11-14-26(19,4)29(22,30)23(32)17-27(21,28)5/h16,21-23,32,34H,6-15,17-18H2,1-5H3/t21-,22-,23-,25?,26-,27-,28-,29-/m0/s1. The predicted molar refractivity (Wildman–Crippen MR) is 133 cm³/mol. The van der Waals surface area contributed by atoms with Crippen LogP contribution in [-0.4, -0.2) is 51.4 Å². The van der Waals surface area contributed by atoms with Gasteiger partial charge in [0.2, 0.25) is 0 Å². The van der Waals surface area contributed by atoms with Crippen molar-refractivity contribution in [2.24, 2.45) is 22.7 Å². The Hall–Kier alpha value is -1.11. The van der Waals surface area contributed by atoms with Gasteiger partial charge in [-0.1, -0.05) is 46.1 Å². The zero-order valence-electron chi connectivity index (χ0n) is 22.3. The third kappa shape index (κ3) is 3.80. The first-order valence-corrected chi connectivity index (χ1v) is 13.8. The molecule has 0 amide bonds. The van der Waals surface area contributed by atoms with E-state index in [0.717, 1.165) is 31.3 Å². The van der Waals surface area contributed by atoms with E-state index in [1.807, 2.05) is 27.7 Å². The number of fused-ring (bicyclic) bond motifs is 5. The van der Waals surface area contributed by atoms with E-state index in [0.29, 0.717) is 32.1 Å². The number of hydrogen-bond donors (Lipinski definition) is 2. The number of rotatable bonds is 8. The molecule has 198 valence electrons. The molecule has 8 atom stereocenters. The monoisotopic (exact) mass is 492 g/mol. The lowest BCUT2D eigenvalue weighted by Gasteiger charge is -2.63. The quantitative estimate of drug-likeness (QED) is 0.483. The summed E-state index contributed by atoms with van der Waals surface area (Å²) in [7, 11) is 0. The average molecular weight is 493 g/mol. The van der Waals surface area contributed by atoms with Crippen molar-refractivity contribution in [1.29, 1.82) is 0 Å². The Bertz CT molecular complexity index is 902. The van der Waals surface area contributed by atoms with Crippen molar-refractivity contribution in [2.75, 3.05) is 6.61 Å². The van der Waals surface area contributed by atoms with E-state index in [9.17, 15) is 19.8 Å². The van der Waals surface area contributed by atoms with Crippen LogP contribution in [0.2, 0.25) is 0 Å². The Balaban J connectivity index is 1.59. The highest BCUT2D eigenvalue weighted by molar-refractivity contribution is 5.92. The van der Waals surface area contributed by atoms with Crippen LogP contribution in [0.15, 0.2) is 11.6 Å². The molecule has 0 saturated heterocycles. The van der Waals surface area contributed by atoms with Crippen LogP contribution >= 0.6 is 0 Å². The van der Waals surface area contributed by atoms with Crippen LogP contribution in [0.5, 0.6) is 0 Å². The number of Topliss-reactive ketones (excluding diaryl/α,β-unsaturated/α-hetero) is 1. The van der Waals surface area contributed by atoms with Crippen molar-refractivity contribution in [3.8, 4) is 0 Å². The highest BCUT2D eigenvalue weighted by Crippen LogP contribution is 2.70. The number of aliphatic hydroxyl groups excluding tert-OH is 1. The lowest BCUT2D eigenvalue weighted by atomic mass is 9.44. The number of ketones is 2. The molecule has 3 fully saturated rings. The number of allylic oxidation sites excluding steroid dienone is 1. The van der Waals surface area contributed by atoms with E-state index in [-0.39, 0.29) is 36.9 Å². The molecule has 6 heteroatoms. The van der Waals surface area contributed by atoms with Gasteiger partial charge in [-0.25, -0.2) is 4.39 Å². The highest BCUT2D eigenvalue weighted by atomic mass is 19.1. The zero-order valence-corrected chi connectivity index (χ0v) is 22.3. The first-order valence-electron chi connectivity index (χ1n) is 13.8. The number of halogens is 1. The van der Waals surface area contributed by atoms with Crippen molar-refractivity contribution < 1.29 is 28.9 Å². The molecule has 0 heterocycles. The Morgan fingerprint density at radius 1 is 1.20 bits per heavy atom. The summed E-state index contributed by atoms with van der Waals surface area (Å²) in [5.74, 6) is -0.977. The normalized spacial score (nSPS) is 44.6. The lowest BCUT2D eigenvalue weighted by molar-refractivity contribution is -0.227. The van der Waals surface area contributed by atoms with Gasteiger partial charge in [0.15, 0.2) is 11.6 Å². The molecule has 3 saturated carbocycles. The van der Waals surface area contributed by atoms with E-state index in [4.69, 9.17) is 4.74 Å². The van der Waals surface area contributed by atoms with Gasteiger partial charge < -0.3 is 14.9 Å². The lowest BCUT2D eigenvalue weighted by Crippen LogP contribution is -2.69. The number of alkyl halides is 1. The molecule has 0 radical (unpaired) electrons. The van der Waals surface area contributed by atoms with Crippen LogP contribution in [0.1, 0.15) is 105 Å². The van der Waals surface area contributed by atoms with Crippen molar-refractivity contribution in [3.05, 3.63) is 11.6 Å². The SMILES string of the molecule is CCCCC(C)(CC)OCC(=O)[C@@]1(O)CC[C@H]2[C@@H]3CCC4=CC(=O)CC[C@]4(C)[C@@]3(F)[C@@H](O)C[C@@]21C. The molecule has 0 bridgehead atoms. The summed E-state index contributed by atoms with van der Waals surface area (Å²) in [4.78, 5) is 25.6. The van der Waals surface area contributed by atoms with Gasteiger partial charge >= 0.3 is 0 Å². The van der Waals surface area contributed by atoms with E-state index >= 15 is 4.39 Å². The van der Waals surface area contributed by atoms with Gasteiger partial charge in [0.25, 0.3) is 0 Å². The molecule has 0 aliphatic heterocycles. The molecule has 35 heavy (non-hydrogen) atoms. The smallest absolute Gasteiger partial charge is 0.190 e. The number of carbonyl (C=O) groups is 2. The van der Waals surface area contributed by atoms with Crippen molar-refractivity contribution in [1.82, 2.24) is 0 Å². The molecule has 5 nitrogen and oxygen atoms in total. The Morgan fingerprint density at radius 3 is 2.57 bits per heavy atom. The Kier molecular flexibility index (Phi) is 6.94. The van der Waals surface area contributed by atoms with Crippen LogP contribution in [0, 0.1) is 22.7 Å². The molecule has 4 aliphatic rings. The maximum absolute atomic E-state index is 17.2. The van der Waals surface area contributed by atoms with Gasteiger partial charge in [-0.15, -0.1) is 0 Å². The van der Waals surface area contributed by atoms with Gasteiger partial charge in [-0.05, 0) is 70.3 Å². The van der Waals surface area contributed by atoms with E-state index in [1.54, 1.807) is 6.08 Å². The molecule has 2 N–H and O–H groups in total. The van der Waals surface area contributed by atoms with Gasteiger partial charge in [-0.3, -0.25) is 9.59 Å². The minimum absolute atomic E-state index is 0.0323. The third-order valence-electron chi connectivity index (χ3n) is 11.0. The molecule has 1 unspecified atom stereocenters. The second-order valence-electron chi connectivity index (χ2n) is 12.6. The fourth-order valence-corrected chi connectivity index (χ4v) is 8.29. The molecule has 4 aliphatic carbocycles. The summed E-state index contributed by atoms with van der Waals surface area (Å²) < 4.78 is 23.3. The fraction of sp³-hybridized carbons (Fsp3) is 0.862. The number of hydrogen-bond acceptors (Lipinski definition) is 5. The minimum atomic E-state index is -1.87. The third-order valence-corrected chi connectivity index (χ3v) is 11.0. The maximum Gasteiger partial charge on any atom is 0.190 e. The summed E-state index contributed by atoms with van der Waals surface area (Å²) in [6, 6.07) is 0. The highest BCUT2D eigenvalue weighted by Gasteiger charge is 2.74. The average Bonchev–Trinajstić information content (AvgIpc) is 3.09. The first-order chi connectivity index (χ1) is 16.3. The van der Waals surface area contributed by atoms with Gasteiger partial charge in [0, 0.05) is 23.2 Å². The van der Waals surface area contributed by atoms with Gasteiger partial charge in [-0.2, -0.15) is 0 Å². The van der Waals surface area contributed by atoms with Gasteiger partial charge in [0.1, 0.15) is 17.9 Å². The van der Waals surface area contributed by atoms with E-state index in [1.165, 1.54) is 0 Å². The predicted octanol–water partition coefficient (Wildman–Crippen LogP) is 5.26. The summed E-state index contributed by atoms with van der Waals surface area (Å²) in [6.07, 6.45) is 6.68.